The molecule has 1 unspecified atom stereocenters. The van der Waals surface area contributed by atoms with Gasteiger partial charge in [0.1, 0.15) is 0 Å². The van der Waals surface area contributed by atoms with Crippen molar-refractivity contribution in [1.29, 1.82) is 0 Å². The molecular weight excluding hydrogens is 186 g/mol. The van der Waals surface area contributed by atoms with Gasteiger partial charge in [0.2, 0.25) is 0 Å². The molecule has 1 N–H and O–H groups in total. The maximum atomic E-state index is 8.82. The smallest absolute Gasteiger partial charge is 0.0801 e. The van der Waals surface area contributed by atoms with E-state index in [4.69, 9.17) is 5.21 Å². The number of benzene rings is 1. The number of hydrogen-bond donors (Lipinski definition) is 1. The zero-order chi connectivity index (χ0) is 10.7. The molecule has 0 fully saturated rings. The quantitative estimate of drug-likeness (QED) is 0.548. The summed E-state index contributed by atoms with van der Waals surface area (Å²) in [4.78, 5) is 0. The van der Waals surface area contributed by atoms with Crippen molar-refractivity contribution >= 4 is 5.71 Å². The van der Waals surface area contributed by atoms with Gasteiger partial charge in [0.15, 0.2) is 0 Å². The van der Waals surface area contributed by atoms with Gasteiger partial charge in [-0.1, -0.05) is 41.1 Å². The molecule has 0 amide bonds. The van der Waals surface area contributed by atoms with Crippen molar-refractivity contribution < 1.29 is 5.21 Å². The lowest BCUT2D eigenvalue weighted by Crippen LogP contribution is -2.12. The third-order valence-electron chi connectivity index (χ3n) is 2.84. The van der Waals surface area contributed by atoms with Gasteiger partial charge in [-0.25, -0.2) is 0 Å². The van der Waals surface area contributed by atoms with Crippen LogP contribution in [0, 0.1) is 0 Å². The minimum atomic E-state index is 0.460. The van der Waals surface area contributed by atoms with Crippen LogP contribution in [0.3, 0.4) is 0 Å². The van der Waals surface area contributed by atoms with E-state index in [2.05, 4.69) is 36.3 Å². The molecule has 1 atom stereocenters. The van der Waals surface area contributed by atoms with E-state index < -0.39 is 0 Å². The molecule has 78 valence electrons. The molecule has 0 aromatic heterocycles. The predicted octanol–water partition coefficient (Wildman–Crippen LogP) is 3.34. The van der Waals surface area contributed by atoms with E-state index in [1.807, 2.05) is 12.1 Å². The zero-order valence-electron chi connectivity index (χ0n) is 8.85. The Morgan fingerprint density at radius 1 is 1.20 bits per heavy atom. The van der Waals surface area contributed by atoms with E-state index in [9.17, 15) is 0 Å². The molecule has 0 radical (unpaired) electrons. The van der Waals surface area contributed by atoms with Crippen molar-refractivity contribution in [3.05, 3.63) is 47.5 Å². The first-order chi connectivity index (χ1) is 7.29. The molecule has 0 saturated heterocycles. The zero-order valence-corrected chi connectivity index (χ0v) is 8.85. The molecule has 15 heavy (non-hydrogen) atoms. The van der Waals surface area contributed by atoms with E-state index in [0.29, 0.717) is 5.92 Å². The third-order valence-corrected chi connectivity index (χ3v) is 2.84. The second-order valence-corrected chi connectivity index (χ2v) is 4.10. The Hall–Kier alpha value is -1.57. The van der Waals surface area contributed by atoms with Gasteiger partial charge >= 0.3 is 0 Å². The first-order valence-electron chi connectivity index (χ1n) is 5.22. The number of rotatable bonds is 1. The summed E-state index contributed by atoms with van der Waals surface area (Å²) in [5, 5.41) is 12.1. The molecule has 1 aliphatic carbocycles. The van der Waals surface area contributed by atoms with Crippen molar-refractivity contribution in [2.45, 2.75) is 25.7 Å². The van der Waals surface area contributed by atoms with Crippen LogP contribution in [-0.2, 0) is 0 Å². The van der Waals surface area contributed by atoms with Crippen LogP contribution in [0.4, 0.5) is 0 Å². The summed E-state index contributed by atoms with van der Waals surface area (Å²) in [5.74, 6) is 0.460. The summed E-state index contributed by atoms with van der Waals surface area (Å²) < 4.78 is 0. The lowest BCUT2D eigenvalue weighted by molar-refractivity contribution is 0.317. The molecule has 2 heteroatoms. The fraction of sp³-hybridized carbons (Fsp3) is 0.308. The highest BCUT2D eigenvalue weighted by Gasteiger charge is 2.19. The average molecular weight is 201 g/mol. The Balaban J connectivity index is 2.24. The third kappa shape index (κ3) is 2.27. The molecule has 0 saturated carbocycles. The van der Waals surface area contributed by atoms with Gasteiger partial charge < -0.3 is 5.21 Å². The van der Waals surface area contributed by atoms with E-state index in [1.165, 1.54) is 11.1 Å². The van der Waals surface area contributed by atoms with Gasteiger partial charge in [-0.3, -0.25) is 0 Å². The van der Waals surface area contributed by atoms with Crippen LogP contribution in [0.2, 0.25) is 0 Å². The van der Waals surface area contributed by atoms with Gasteiger partial charge in [0, 0.05) is 6.42 Å². The van der Waals surface area contributed by atoms with Crippen molar-refractivity contribution in [3.8, 4) is 0 Å². The molecule has 0 spiro atoms. The maximum absolute atomic E-state index is 8.82. The van der Waals surface area contributed by atoms with E-state index in [1.54, 1.807) is 0 Å². The van der Waals surface area contributed by atoms with E-state index >= 15 is 0 Å². The predicted molar refractivity (Wildman–Crippen MR) is 61.4 cm³/mol. The van der Waals surface area contributed by atoms with Crippen LogP contribution >= 0.6 is 0 Å². The van der Waals surface area contributed by atoms with Gasteiger partial charge in [0.25, 0.3) is 0 Å². The number of allylic oxidation sites excluding steroid dienone is 2. The first kappa shape index (κ1) is 9.97. The van der Waals surface area contributed by atoms with Gasteiger partial charge in [-0.05, 0) is 30.9 Å². The summed E-state index contributed by atoms with van der Waals surface area (Å²) >= 11 is 0. The molecule has 2 nitrogen and oxygen atoms in total. The number of oxime groups is 1. The standard InChI is InChI=1S/C13H15NO/c1-10-7-12(9-13(8-10)14-15)11-5-3-2-4-6-11/h2-6,8,12,15H,7,9H2,1H3/b14-13+. The maximum Gasteiger partial charge on any atom is 0.0801 e. The van der Waals surface area contributed by atoms with Crippen LogP contribution in [0.1, 0.15) is 31.2 Å². The Morgan fingerprint density at radius 2 is 1.93 bits per heavy atom. The summed E-state index contributed by atoms with van der Waals surface area (Å²) in [7, 11) is 0. The van der Waals surface area contributed by atoms with Crippen LogP contribution in [0.25, 0.3) is 0 Å². The summed E-state index contributed by atoms with van der Waals surface area (Å²) in [6.45, 7) is 2.08. The minimum absolute atomic E-state index is 0.460. The Kier molecular flexibility index (Phi) is 2.86. The Bertz CT molecular complexity index is 392. The van der Waals surface area contributed by atoms with E-state index in [0.717, 1.165) is 18.6 Å². The highest BCUT2D eigenvalue weighted by Crippen LogP contribution is 2.31. The second kappa shape index (κ2) is 4.30. The average Bonchev–Trinajstić information content (AvgIpc) is 2.29. The topological polar surface area (TPSA) is 32.6 Å². The fourth-order valence-electron chi connectivity index (χ4n) is 2.15. The normalized spacial score (nSPS) is 23.9. The lowest BCUT2D eigenvalue weighted by Gasteiger charge is -2.21. The SMILES string of the molecule is CC1=C/C(=N\O)CC(c2ccccc2)C1. The molecule has 2 rings (SSSR count). The van der Waals surface area contributed by atoms with Gasteiger partial charge in [-0.2, -0.15) is 0 Å². The monoisotopic (exact) mass is 201 g/mol. The Morgan fingerprint density at radius 3 is 2.60 bits per heavy atom. The highest BCUT2D eigenvalue weighted by molar-refractivity contribution is 5.96. The van der Waals surface area contributed by atoms with Crippen LogP contribution < -0.4 is 0 Å². The van der Waals surface area contributed by atoms with Crippen LogP contribution in [0.15, 0.2) is 47.1 Å². The molecule has 0 aliphatic heterocycles. The molecule has 1 aromatic rings. The Labute approximate surface area is 89.9 Å². The summed E-state index contributed by atoms with van der Waals surface area (Å²) in [6.07, 6.45) is 3.86. The van der Waals surface area contributed by atoms with Crippen LogP contribution in [-0.4, -0.2) is 10.9 Å². The fourth-order valence-corrected chi connectivity index (χ4v) is 2.15. The van der Waals surface area contributed by atoms with Gasteiger partial charge in [0.05, 0.1) is 5.71 Å². The van der Waals surface area contributed by atoms with Crippen molar-refractivity contribution in [2.75, 3.05) is 0 Å². The molecule has 0 heterocycles. The minimum Gasteiger partial charge on any atom is -0.411 e. The van der Waals surface area contributed by atoms with Crippen molar-refractivity contribution in [3.63, 3.8) is 0 Å². The van der Waals surface area contributed by atoms with Crippen molar-refractivity contribution in [1.82, 2.24) is 0 Å². The summed E-state index contributed by atoms with van der Waals surface area (Å²) in [5.41, 5.74) is 3.39. The number of hydrogen-bond acceptors (Lipinski definition) is 2. The number of nitrogens with zero attached hydrogens (tertiary/aromatic N) is 1. The molecular formula is C13H15NO. The highest BCUT2D eigenvalue weighted by atomic mass is 16.4. The lowest BCUT2D eigenvalue weighted by atomic mass is 9.83. The second-order valence-electron chi connectivity index (χ2n) is 4.10. The molecule has 1 aliphatic rings. The summed E-state index contributed by atoms with van der Waals surface area (Å²) in [6, 6.07) is 10.4. The van der Waals surface area contributed by atoms with Crippen molar-refractivity contribution in [2.24, 2.45) is 5.16 Å². The first-order valence-corrected chi connectivity index (χ1v) is 5.22. The van der Waals surface area contributed by atoms with Crippen LogP contribution in [0.5, 0.6) is 0 Å². The van der Waals surface area contributed by atoms with E-state index in [-0.39, 0.29) is 0 Å². The van der Waals surface area contributed by atoms with Gasteiger partial charge in [-0.15, -0.1) is 0 Å². The molecule has 1 aromatic carbocycles. The largest absolute Gasteiger partial charge is 0.411 e. The molecule has 0 bridgehead atoms.